The fraction of sp³-hybridized carbons (Fsp3) is 0.273. The average Bonchev–Trinajstić information content (AvgIpc) is 2.95. The van der Waals surface area contributed by atoms with Crippen molar-refractivity contribution in [1.82, 2.24) is 20.2 Å². The highest BCUT2D eigenvalue weighted by atomic mass is 35.5. The van der Waals surface area contributed by atoms with Crippen molar-refractivity contribution in [3.05, 3.63) is 22.5 Å². The number of hydrogen-bond acceptors (Lipinski definition) is 6. The van der Waals surface area contributed by atoms with E-state index in [1.807, 2.05) is 0 Å². The first-order valence-corrected chi connectivity index (χ1v) is 5.98. The molecule has 0 aliphatic carbocycles. The van der Waals surface area contributed by atoms with Gasteiger partial charge in [0.25, 0.3) is 5.82 Å². The largest absolute Gasteiger partial charge is 0.494 e. The van der Waals surface area contributed by atoms with E-state index in [-0.39, 0.29) is 27.8 Å². The maximum absolute atomic E-state index is 12.9. The van der Waals surface area contributed by atoms with Gasteiger partial charge in [-0.15, -0.1) is 5.10 Å². The summed E-state index contributed by atoms with van der Waals surface area (Å²) < 4.78 is 49.0. The molecule has 1 aromatic heterocycles. The van der Waals surface area contributed by atoms with Crippen molar-refractivity contribution in [2.75, 3.05) is 14.2 Å². The van der Waals surface area contributed by atoms with Gasteiger partial charge in [-0.2, -0.15) is 17.9 Å². The van der Waals surface area contributed by atoms with Crippen molar-refractivity contribution in [3.63, 3.8) is 0 Å². The number of ether oxygens (including phenoxy) is 2. The Labute approximate surface area is 126 Å². The summed E-state index contributed by atoms with van der Waals surface area (Å²) in [6.07, 6.45) is -4.45. The van der Waals surface area contributed by atoms with Crippen molar-refractivity contribution in [2.24, 2.45) is 0 Å². The van der Waals surface area contributed by atoms with Crippen molar-refractivity contribution in [1.29, 1.82) is 0 Å². The van der Waals surface area contributed by atoms with Crippen LogP contribution < -0.4 is 9.47 Å². The van der Waals surface area contributed by atoms with Crippen LogP contribution in [0.2, 0.25) is 5.02 Å². The van der Waals surface area contributed by atoms with Gasteiger partial charge in [-0.1, -0.05) is 11.6 Å². The highest BCUT2D eigenvalue weighted by Gasteiger charge is 2.39. The molecular weight excluding hydrogens is 329 g/mol. The van der Waals surface area contributed by atoms with E-state index in [1.165, 1.54) is 14.2 Å². The number of carbonyl (C=O) groups excluding carboxylic acids is 1. The number of halogens is 4. The smallest absolute Gasteiger partial charge is 0.453 e. The summed E-state index contributed by atoms with van der Waals surface area (Å²) in [5, 5.41) is 9.10. The van der Waals surface area contributed by atoms with Gasteiger partial charge in [0, 0.05) is 0 Å². The fourth-order valence-electron chi connectivity index (χ4n) is 1.83. The van der Waals surface area contributed by atoms with E-state index in [9.17, 15) is 18.0 Å². The highest BCUT2D eigenvalue weighted by Crippen LogP contribution is 2.40. The molecule has 2 rings (SSSR count). The quantitative estimate of drug-likeness (QED) is 0.796. The van der Waals surface area contributed by atoms with Crippen LogP contribution in [0.5, 0.6) is 11.5 Å². The minimum Gasteiger partial charge on any atom is -0.494 e. The van der Waals surface area contributed by atoms with Crippen LogP contribution in [0.4, 0.5) is 13.2 Å². The predicted molar refractivity (Wildman–Crippen MR) is 67.7 cm³/mol. The van der Waals surface area contributed by atoms with Gasteiger partial charge in [-0.05, 0) is 16.5 Å². The molecule has 0 unspecified atom stereocenters. The number of benzene rings is 1. The van der Waals surface area contributed by atoms with Crippen LogP contribution in [0.1, 0.15) is 16.2 Å². The Hall–Kier alpha value is -2.36. The van der Waals surface area contributed by atoms with Crippen LogP contribution >= 0.6 is 11.6 Å². The van der Waals surface area contributed by atoms with Crippen molar-refractivity contribution in [3.8, 4) is 17.2 Å². The van der Waals surface area contributed by atoms with E-state index in [1.54, 1.807) is 0 Å². The molecule has 11 heteroatoms. The number of methoxy groups -OCH3 is 2. The van der Waals surface area contributed by atoms with Crippen molar-refractivity contribution >= 4 is 17.9 Å². The number of aromatic nitrogens is 4. The van der Waals surface area contributed by atoms with Gasteiger partial charge < -0.3 is 9.47 Å². The zero-order valence-electron chi connectivity index (χ0n) is 11.2. The summed E-state index contributed by atoms with van der Waals surface area (Å²) >= 11 is 5.92. The minimum absolute atomic E-state index is 0.0288. The summed E-state index contributed by atoms with van der Waals surface area (Å²) in [6, 6.07) is 1.11. The van der Waals surface area contributed by atoms with E-state index < -0.39 is 12.0 Å². The average molecular weight is 337 g/mol. The molecule has 0 saturated heterocycles. The fourth-order valence-corrected chi connectivity index (χ4v) is 2.12. The summed E-state index contributed by atoms with van der Waals surface area (Å²) in [5.41, 5.74) is -0.399. The molecule has 22 heavy (non-hydrogen) atoms. The zero-order chi connectivity index (χ0) is 16.5. The number of alkyl halides is 3. The SMILES string of the molecule is COc1c(Cl)cc(-n2nnnc2C(F)(F)F)c(OC)c1C=O. The lowest BCUT2D eigenvalue weighted by atomic mass is 10.1. The molecule has 2 aromatic rings. The summed E-state index contributed by atoms with van der Waals surface area (Å²) in [4.78, 5) is 11.2. The Kier molecular flexibility index (Phi) is 4.22. The molecule has 0 aliphatic heterocycles. The van der Waals surface area contributed by atoms with Gasteiger partial charge in [0.2, 0.25) is 0 Å². The van der Waals surface area contributed by atoms with Gasteiger partial charge in [0.05, 0.1) is 19.2 Å². The van der Waals surface area contributed by atoms with Gasteiger partial charge in [-0.3, -0.25) is 4.79 Å². The van der Waals surface area contributed by atoms with Crippen molar-refractivity contribution in [2.45, 2.75) is 6.18 Å². The molecule has 0 N–H and O–H groups in total. The van der Waals surface area contributed by atoms with Gasteiger partial charge in [-0.25, -0.2) is 0 Å². The first-order chi connectivity index (χ1) is 10.3. The Morgan fingerprint density at radius 1 is 1.27 bits per heavy atom. The third-order valence-corrected chi connectivity index (χ3v) is 2.96. The molecule has 1 heterocycles. The summed E-state index contributed by atoms with van der Waals surface area (Å²) in [7, 11) is 2.43. The maximum atomic E-state index is 12.9. The van der Waals surface area contributed by atoms with Crippen LogP contribution in [-0.2, 0) is 6.18 Å². The number of nitrogens with zero attached hydrogens (tertiary/aromatic N) is 4. The molecule has 0 amide bonds. The van der Waals surface area contributed by atoms with E-state index >= 15 is 0 Å². The molecule has 7 nitrogen and oxygen atoms in total. The van der Waals surface area contributed by atoms with Gasteiger partial charge >= 0.3 is 6.18 Å². The molecule has 0 aliphatic rings. The minimum atomic E-state index is -4.80. The van der Waals surface area contributed by atoms with Crippen LogP contribution in [-0.4, -0.2) is 40.7 Å². The standard InChI is InChI=1S/C11H8ClF3N4O3/c1-21-8-5(4-20)9(22-2)7(3-6(8)12)19-10(11(13,14)15)16-17-18-19/h3-4H,1-2H3. The third kappa shape index (κ3) is 2.56. The molecule has 0 spiro atoms. The molecule has 118 valence electrons. The monoisotopic (exact) mass is 336 g/mol. The number of rotatable bonds is 4. The number of aldehydes is 1. The molecule has 1 aromatic carbocycles. The lowest BCUT2D eigenvalue weighted by molar-refractivity contribution is -0.146. The molecular formula is C11H8ClF3N4O3. The first-order valence-electron chi connectivity index (χ1n) is 5.60. The van der Waals surface area contributed by atoms with E-state index in [0.29, 0.717) is 11.0 Å². The Morgan fingerprint density at radius 3 is 2.41 bits per heavy atom. The second-order valence-corrected chi connectivity index (χ2v) is 4.29. The Morgan fingerprint density at radius 2 is 1.91 bits per heavy atom. The second kappa shape index (κ2) is 5.79. The van der Waals surface area contributed by atoms with E-state index in [0.717, 1.165) is 6.07 Å². The van der Waals surface area contributed by atoms with Crippen LogP contribution in [0.3, 0.4) is 0 Å². The molecule has 0 saturated carbocycles. The lowest BCUT2D eigenvalue weighted by Gasteiger charge is -2.16. The molecule has 0 bridgehead atoms. The highest BCUT2D eigenvalue weighted by molar-refractivity contribution is 6.33. The number of carbonyl (C=O) groups is 1. The van der Waals surface area contributed by atoms with Crippen LogP contribution in [0, 0.1) is 0 Å². The molecule has 0 radical (unpaired) electrons. The van der Waals surface area contributed by atoms with Gasteiger partial charge in [0.15, 0.2) is 17.8 Å². The normalized spacial score (nSPS) is 11.4. The lowest BCUT2D eigenvalue weighted by Crippen LogP contribution is -2.16. The zero-order valence-corrected chi connectivity index (χ0v) is 11.9. The number of hydrogen-bond donors (Lipinski definition) is 0. The maximum Gasteiger partial charge on any atom is 0.453 e. The van der Waals surface area contributed by atoms with E-state index in [2.05, 4.69) is 15.5 Å². The predicted octanol–water partition coefficient (Wildman–Crippen LogP) is 2.16. The Balaban J connectivity index is 2.80. The topological polar surface area (TPSA) is 79.1 Å². The second-order valence-electron chi connectivity index (χ2n) is 3.89. The van der Waals surface area contributed by atoms with Gasteiger partial charge in [0.1, 0.15) is 11.3 Å². The number of tetrazole rings is 1. The van der Waals surface area contributed by atoms with Crippen molar-refractivity contribution < 1.29 is 27.4 Å². The van der Waals surface area contributed by atoms with Crippen LogP contribution in [0.25, 0.3) is 5.69 Å². The molecule has 0 atom stereocenters. The summed E-state index contributed by atoms with van der Waals surface area (Å²) in [6.45, 7) is 0. The van der Waals surface area contributed by atoms with E-state index in [4.69, 9.17) is 21.1 Å². The van der Waals surface area contributed by atoms with Crippen LogP contribution in [0.15, 0.2) is 6.07 Å². The summed E-state index contributed by atoms with van der Waals surface area (Å²) in [5.74, 6) is -1.61. The molecule has 0 fully saturated rings. The third-order valence-electron chi connectivity index (χ3n) is 2.68. The first kappa shape index (κ1) is 16.0. The Bertz CT molecular complexity index is 717.